The molecule has 1 aliphatic heterocycles. The van der Waals surface area contributed by atoms with Gasteiger partial charge in [-0.05, 0) is 48.2 Å². The second kappa shape index (κ2) is 10.8. The van der Waals surface area contributed by atoms with Crippen LogP contribution in [-0.2, 0) is 34.3 Å². The van der Waals surface area contributed by atoms with Crippen molar-refractivity contribution in [1.82, 2.24) is 14.8 Å². The average Bonchev–Trinajstić information content (AvgIpc) is 3.40. The minimum absolute atomic E-state index is 0.0395. The van der Waals surface area contributed by atoms with Gasteiger partial charge in [-0.1, -0.05) is 69.3 Å². The summed E-state index contributed by atoms with van der Waals surface area (Å²) in [5.41, 5.74) is 4.67. The molecule has 7 heteroatoms. The lowest BCUT2D eigenvalue weighted by Gasteiger charge is -2.17. The third-order valence-electron chi connectivity index (χ3n) is 7.52. The van der Waals surface area contributed by atoms with E-state index in [0.29, 0.717) is 28.6 Å². The first-order chi connectivity index (χ1) is 20.2. The lowest BCUT2D eigenvalue weighted by atomic mass is 9.92. The van der Waals surface area contributed by atoms with Crippen LogP contribution in [0.5, 0.6) is 11.5 Å². The number of nitrogens with zero attached hydrogens (tertiary/aromatic N) is 4. The molecule has 42 heavy (non-hydrogen) atoms. The molecule has 0 atom stereocenters. The third kappa shape index (κ3) is 5.38. The number of aliphatic imine (C=N–C) groups is 1. The summed E-state index contributed by atoms with van der Waals surface area (Å²) in [6.07, 6.45) is 2.39. The maximum Gasteiger partial charge on any atom is 0.181 e. The molecular formula is C35H32N4O3. The van der Waals surface area contributed by atoms with Crippen LogP contribution in [0, 0.1) is 0 Å². The molecule has 0 spiro atoms. The number of aromatic nitrogens is 3. The Morgan fingerprint density at radius 1 is 0.905 bits per heavy atom. The van der Waals surface area contributed by atoms with Crippen molar-refractivity contribution in [3.05, 3.63) is 108 Å². The number of para-hydroxylation sites is 1. The molecular weight excluding hydrogens is 524 g/mol. The van der Waals surface area contributed by atoms with Crippen molar-refractivity contribution in [1.29, 1.82) is 0 Å². The molecule has 0 saturated carbocycles. The van der Waals surface area contributed by atoms with Crippen molar-refractivity contribution in [2.24, 2.45) is 4.99 Å². The van der Waals surface area contributed by atoms with Crippen LogP contribution in [0.3, 0.4) is 0 Å². The number of hydrogen-bond donors (Lipinski definition) is 0. The van der Waals surface area contributed by atoms with E-state index in [2.05, 4.69) is 30.7 Å². The molecule has 0 fully saturated rings. The summed E-state index contributed by atoms with van der Waals surface area (Å²) in [6.45, 7) is 8.08. The molecule has 0 saturated heterocycles. The van der Waals surface area contributed by atoms with E-state index < -0.39 is 0 Å². The summed E-state index contributed by atoms with van der Waals surface area (Å²) in [6, 6.07) is 25.5. The number of benzene rings is 3. The topological polar surface area (TPSA) is 86.4 Å². The Morgan fingerprint density at radius 3 is 2.40 bits per heavy atom. The Labute approximate surface area is 244 Å². The second-order valence-electron chi connectivity index (χ2n) is 11.7. The Hall–Kier alpha value is -4.91. The van der Waals surface area contributed by atoms with Gasteiger partial charge in [0.05, 0.1) is 22.8 Å². The van der Waals surface area contributed by atoms with Crippen LogP contribution in [-0.4, -0.2) is 32.0 Å². The maximum atomic E-state index is 13.5. The number of ketones is 2. The van der Waals surface area contributed by atoms with Gasteiger partial charge in [-0.3, -0.25) is 9.59 Å². The number of carbonyl (C=O) groups is 2. The molecule has 3 heterocycles. The zero-order chi connectivity index (χ0) is 29.4. The van der Waals surface area contributed by atoms with Crippen molar-refractivity contribution < 1.29 is 14.3 Å². The van der Waals surface area contributed by atoms with Crippen LogP contribution in [0.25, 0.3) is 16.5 Å². The van der Waals surface area contributed by atoms with Gasteiger partial charge in [0.1, 0.15) is 17.3 Å². The number of carbonyl (C=O) groups excluding carboxylic acids is 2. The predicted molar refractivity (Wildman–Crippen MR) is 164 cm³/mol. The summed E-state index contributed by atoms with van der Waals surface area (Å²) < 4.78 is 8.26. The smallest absolute Gasteiger partial charge is 0.181 e. The Kier molecular flexibility index (Phi) is 7.02. The molecule has 0 unspecified atom stereocenters. The summed E-state index contributed by atoms with van der Waals surface area (Å²) in [5.74, 6) is 1.78. The van der Waals surface area contributed by atoms with Gasteiger partial charge in [-0.2, -0.15) is 5.10 Å². The summed E-state index contributed by atoms with van der Waals surface area (Å²) in [5, 5.41) is 6.70. The maximum absolute atomic E-state index is 13.5. The first-order valence-corrected chi connectivity index (χ1v) is 14.1. The van der Waals surface area contributed by atoms with Crippen LogP contribution in [0.15, 0.2) is 90.1 Å². The average molecular weight is 557 g/mol. The highest BCUT2D eigenvalue weighted by molar-refractivity contribution is 6.40. The van der Waals surface area contributed by atoms with Crippen LogP contribution < -0.4 is 4.74 Å². The van der Waals surface area contributed by atoms with Crippen LogP contribution in [0.1, 0.15) is 50.2 Å². The minimum Gasteiger partial charge on any atom is -0.456 e. The third-order valence-corrected chi connectivity index (χ3v) is 7.52. The molecule has 0 radical (unpaired) electrons. The number of pyridine rings is 1. The lowest BCUT2D eigenvalue weighted by molar-refractivity contribution is -0.118. The van der Waals surface area contributed by atoms with Crippen molar-refractivity contribution in [2.45, 2.75) is 52.4 Å². The minimum atomic E-state index is -0.142. The van der Waals surface area contributed by atoms with Gasteiger partial charge in [0, 0.05) is 41.8 Å². The largest absolute Gasteiger partial charge is 0.456 e. The Bertz CT molecular complexity index is 1860. The summed E-state index contributed by atoms with van der Waals surface area (Å²) >= 11 is 0. The van der Waals surface area contributed by atoms with Gasteiger partial charge < -0.3 is 4.74 Å². The molecule has 6 rings (SSSR count). The fourth-order valence-corrected chi connectivity index (χ4v) is 5.21. The van der Waals surface area contributed by atoms with Crippen LogP contribution in [0.2, 0.25) is 0 Å². The van der Waals surface area contributed by atoms with Gasteiger partial charge in [0.15, 0.2) is 11.6 Å². The van der Waals surface area contributed by atoms with E-state index in [-0.39, 0.29) is 36.2 Å². The zero-order valence-electron chi connectivity index (χ0n) is 24.2. The standard InChI is InChI=1S/C35H32N4O3/c1-22-30(41)21-29-32(16-17-36-34(29)37-22)42-31-15-14-23(27-12-8-9-13-28(27)31)18-26(40)19-25-20-33(35(2,3)4)38-39(25)24-10-6-5-7-11-24/h5-17,20H,18-19,21H2,1-4H3. The van der Waals surface area contributed by atoms with E-state index in [1.54, 1.807) is 19.2 Å². The van der Waals surface area contributed by atoms with Crippen molar-refractivity contribution in [3.63, 3.8) is 0 Å². The van der Waals surface area contributed by atoms with Gasteiger partial charge in [-0.25, -0.2) is 14.7 Å². The molecule has 7 nitrogen and oxygen atoms in total. The molecule has 0 aliphatic carbocycles. The zero-order valence-corrected chi connectivity index (χ0v) is 24.2. The second-order valence-corrected chi connectivity index (χ2v) is 11.7. The van der Waals surface area contributed by atoms with E-state index in [4.69, 9.17) is 9.84 Å². The highest BCUT2D eigenvalue weighted by atomic mass is 16.5. The quantitative estimate of drug-likeness (QED) is 0.214. The molecule has 210 valence electrons. The number of Topliss-reactive ketones (excluding diaryl/α,β-unsaturated/α-hetero) is 2. The van der Waals surface area contributed by atoms with Crippen molar-refractivity contribution in [3.8, 4) is 17.2 Å². The Balaban J connectivity index is 1.29. The normalized spacial score (nSPS) is 13.1. The van der Waals surface area contributed by atoms with Gasteiger partial charge in [0.2, 0.25) is 0 Å². The number of hydrogen-bond acceptors (Lipinski definition) is 6. The highest BCUT2D eigenvalue weighted by Gasteiger charge is 2.24. The Morgan fingerprint density at radius 2 is 1.64 bits per heavy atom. The predicted octanol–water partition coefficient (Wildman–Crippen LogP) is 7.08. The van der Waals surface area contributed by atoms with E-state index >= 15 is 0 Å². The fraction of sp³-hybridized carbons (Fsp3) is 0.229. The van der Waals surface area contributed by atoms with E-state index in [1.165, 1.54) is 0 Å². The number of rotatable bonds is 7. The van der Waals surface area contributed by atoms with E-state index in [1.807, 2.05) is 77.5 Å². The molecule has 0 N–H and O–H groups in total. The molecule has 0 bridgehead atoms. The molecule has 5 aromatic rings. The monoisotopic (exact) mass is 556 g/mol. The van der Waals surface area contributed by atoms with Crippen molar-refractivity contribution >= 4 is 33.9 Å². The molecule has 2 aromatic heterocycles. The molecule has 1 aliphatic rings. The first-order valence-electron chi connectivity index (χ1n) is 14.1. The SMILES string of the molecule is CC1=Nc2nccc(Oc3ccc(CC(=O)Cc4cc(C(C)(C)C)nn4-c4ccccc4)c4ccccc34)c2CC1=O. The summed E-state index contributed by atoms with van der Waals surface area (Å²) in [4.78, 5) is 34.6. The molecule has 3 aromatic carbocycles. The van der Waals surface area contributed by atoms with Crippen molar-refractivity contribution in [2.75, 3.05) is 0 Å². The van der Waals surface area contributed by atoms with E-state index in [0.717, 1.165) is 33.4 Å². The highest BCUT2D eigenvalue weighted by Crippen LogP contribution is 2.37. The van der Waals surface area contributed by atoms with Gasteiger partial charge in [-0.15, -0.1) is 0 Å². The number of ether oxygens (including phenoxy) is 1. The first kappa shape index (κ1) is 27.3. The van der Waals surface area contributed by atoms with Gasteiger partial charge >= 0.3 is 0 Å². The van der Waals surface area contributed by atoms with Crippen LogP contribution >= 0.6 is 0 Å². The summed E-state index contributed by atoms with van der Waals surface area (Å²) in [7, 11) is 0. The van der Waals surface area contributed by atoms with Crippen LogP contribution in [0.4, 0.5) is 5.82 Å². The van der Waals surface area contributed by atoms with E-state index in [9.17, 15) is 9.59 Å². The molecule has 0 amide bonds. The number of fused-ring (bicyclic) bond motifs is 2. The lowest BCUT2D eigenvalue weighted by Crippen LogP contribution is -2.17. The fourth-order valence-electron chi connectivity index (χ4n) is 5.21. The van der Waals surface area contributed by atoms with Gasteiger partial charge in [0.25, 0.3) is 0 Å².